The molecule has 0 aromatic carbocycles. The van der Waals surface area contributed by atoms with Gasteiger partial charge < -0.3 is 14.5 Å². The zero-order valence-electron chi connectivity index (χ0n) is 14.4. The van der Waals surface area contributed by atoms with Crippen molar-refractivity contribution in [1.82, 2.24) is 14.8 Å². The molecule has 2 saturated heterocycles. The Labute approximate surface area is 142 Å². The summed E-state index contributed by atoms with van der Waals surface area (Å²) in [6.45, 7) is 5.79. The number of hydrogen-bond acceptors (Lipinski definition) is 4. The van der Waals surface area contributed by atoms with Gasteiger partial charge in [-0.05, 0) is 25.0 Å². The Bertz CT molecular complexity index is 584. The maximum absolute atomic E-state index is 12.8. The van der Waals surface area contributed by atoms with Crippen molar-refractivity contribution in [1.29, 1.82) is 0 Å². The zero-order chi connectivity index (χ0) is 17.1. The number of likely N-dealkylation sites (tertiary alicyclic amines) is 2. The quantitative estimate of drug-likeness (QED) is 0.842. The van der Waals surface area contributed by atoms with Crippen molar-refractivity contribution in [3.63, 3.8) is 0 Å². The second kappa shape index (κ2) is 7.20. The van der Waals surface area contributed by atoms with Gasteiger partial charge in [-0.3, -0.25) is 14.6 Å². The Kier molecular flexibility index (Phi) is 5.02. The predicted molar refractivity (Wildman–Crippen MR) is 89.4 cm³/mol. The average Bonchev–Trinajstić information content (AvgIpc) is 3.24. The van der Waals surface area contributed by atoms with Crippen LogP contribution in [0.5, 0.6) is 5.75 Å². The van der Waals surface area contributed by atoms with Gasteiger partial charge in [0.05, 0.1) is 12.7 Å². The van der Waals surface area contributed by atoms with Crippen molar-refractivity contribution in [3.8, 4) is 5.75 Å². The van der Waals surface area contributed by atoms with E-state index in [9.17, 15) is 9.59 Å². The van der Waals surface area contributed by atoms with Crippen LogP contribution in [0.25, 0.3) is 0 Å². The Hall–Kier alpha value is -2.11. The first kappa shape index (κ1) is 16.7. The van der Waals surface area contributed by atoms with E-state index in [2.05, 4.69) is 4.98 Å². The highest BCUT2D eigenvalue weighted by Crippen LogP contribution is 2.26. The molecule has 1 aromatic rings. The van der Waals surface area contributed by atoms with Crippen molar-refractivity contribution in [2.45, 2.75) is 45.3 Å². The van der Waals surface area contributed by atoms with Gasteiger partial charge in [0.2, 0.25) is 11.8 Å². The molecule has 0 aliphatic carbocycles. The molecule has 2 atom stereocenters. The molecule has 0 radical (unpaired) electrons. The van der Waals surface area contributed by atoms with Crippen LogP contribution in [0.3, 0.4) is 0 Å². The fraction of sp³-hybridized carbons (Fsp3) is 0.611. The SMILES string of the molecule is CC(C)C(=O)N1C[C@@H](Oc2cccnc2)C[C@H]1C(=O)N1CCCC1. The Morgan fingerprint density at radius 1 is 1.29 bits per heavy atom. The number of nitrogens with zero attached hydrogens (tertiary/aromatic N) is 3. The third-order valence-electron chi connectivity index (χ3n) is 4.68. The summed E-state index contributed by atoms with van der Waals surface area (Å²) in [5.74, 6) is 0.633. The summed E-state index contributed by atoms with van der Waals surface area (Å²) in [6, 6.07) is 3.26. The van der Waals surface area contributed by atoms with Gasteiger partial charge in [-0.1, -0.05) is 13.8 Å². The van der Waals surface area contributed by atoms with Gasteiger partial charge in [-0.25, -0.2) is 0 Å². The molecule has 0 saturated carbocycles. The van der Waals surface area contributed by atoms with Crippen LogP contribution in [0.15, 0.2) is 24.5 Å². The zero-order valence-corrected chi connectivity index (χ0v) is 14.4. The molecule has 2 aliphatic heterocycles. The summed E-state index contributed by atoms with van der Waals surface area (Å²) in [5, 5.41) is 0. The molecule has 6 heteroatoms. The van der Waals surface area contributed by atoms with Crippen LogP contribution in [0.1, 0.15) is 33.1 Å². The van der Waals surface area contributed by atoms with Crippen molar-refractivity contribution in [2.24, 2.45) is 5.92 Å². The molecule has 0 spiro atoms. The molecule has 0 bridgehead atoms. The van der Waals surface area contributed by atoms with Crippen molar-refractivity contribution >= 4 is 11.8 Å². The lowest BCUT2D eigenvalue weighted by Crippen LogP contribution is -2.48. The van der Waals surface area contributed by atoms with E-state index in [0.29, 0.717) is 18.7 Å². The van der Waals surface area contributed by atoms with E-state index in [0.717, 1.165) is 25.9 Å². The predicted octanol–water partition coefficient (Wildman–Crippen LogP) is 1.71. The van der Waals surface area contributed by atoms with E-state index in [1.165, 1.54) is 0 Å². The number of pyridine rings is 1. The number of amides is 2. The Morgan fingerprint density at radius 2 is 2.04 bits per heavy atom. The van der Waals surface area contributed by atoms with E-state index < -0.39 is 6.04 Å². The molecular formula is C18H25N3O3. The molecular weight excluding hydrogens is 306 g/mol. The molecule has 2 amide bonds. The minimum atomic E-state index is -0.403. The maximum atomic E-state index is 12.8. The number of carbonyl (C=O) groups is 2. The van der Waals surface area contributed by atoms with Gasteiger partial charge in [0.1, 0.15) is 17.9 Å². The van der Waals surface area contributed by atoms with E-state index in [-0.39, 0.29) is 23.8 Å². The standard InChI is InChI=1S/C18H25N3O3/c1-13(2)17(22)21-12-15(24-14-6-5-7-19-11-14)10-16(21)18(23)20-8-3-4-9-20/h5-7,11,13,15-16H,3-4,8-10,12H2,1-2H3/t15-,16-/m0/s1. The van der Waals surface area contributed by atoms with E-state index in [4.69, 9.17) is 4.74 Å². The number of hydrogen-bond donors (Lipinski definition) is 0. The van der Waals surface area contributed by atoms with Crippen molar-refractivity contribution in [3.05, 3.63) is 24.5 Å². The molecule has 2 aliphatic rings. The van der Waals surface area contributed by atoms with Crippen LogP contribution < -0.4 is 4.74 Å². The average molecular weight is 331 g/mol. The summed E-state index contributed by atoms with van der Waals surface area (Å²) in [6.07, 6.45) is 5.81. The molecule has 0 unspecified atom stereocenters. The van der Waals surface area contributed by atoms with E-state index >= 15 is 0 Å². The molecule has 130 valence electrons. The van der Waals surface area contributed by atoms with Gasteiger partial charge >= 0.3 is 0 Å². The van der Waals surface area contributed by atoms with Gasteiger partial charge in [0, 0.05) is 31.6 Å². The minimum absolute atomic E-state index is 0.0184. The first-order valence-corrected chi connectivity index (χ1v) is 8.72. The molecule has 6 nitrogen and oxygen atoms in total. The molecule has 3 heterocycles. The molecule has 24 heavy (non-hydrogen) atoms. The Morgan fingerprint density at radius 3 is 2.67 bits per heavy atom. The van der Waals surface area contributed by atoms with Crippen molar-refractivity contribution < 1.29 is 14.3 Å². The highest BCUT2D eigenvalue weighted by molar-refractivity contribution is 5.89. The third-order valence-corrected chi connectivity index (χ3v) is 4.68. The lowest BCUT2D eigenvalue weighted by molar-refractivity contribution is -0.144. The second-order valence-corrected chi connectivity index (χ2v) is 6.86. The summed E-state index contributed by atoms with van der Waals surface area (Å²) >= 11 is 0. The number of aromatic nitrogens is 1. The first-order chi connectivity index (χ1) is 11.6. The highest BCUT2D eigenvalue weighted by atomic mass is 16.5. The number of ether oxygens (including phenoxy) is 1. The van der Waals surface area contributed by atoms with Crippen LogP contribution in [-0.2, 0) is 9.59 Å². The molecule has 3 rings (SSSR count). The van der Waals surface area contributed by atoms with Crippen LogP contribution in [0.2, 0.25) is 0 Å². The van der Waals surface area contributed by atoms with Gasteiger partial charge in [0.25, 0.3) is 0 Å². The molecule has 2 fully saturated rings. The third kappa shape index (κ3) is 3.52. The number of carbonyl (C=O) groups excluding carboxylic acids is 2. The smallest absolute Gasteiger partial charge is 0.245 e. The summed E-state index contributed by atoms with van der Waals surface area (Å²) < 4.78 is 5.95. The lowest BCUT2D eigenvalue weighted by atomic mass is 10.1. The second-order valence-electron chi connectivity index (χ2n) is 6.86. The normalized spacial score (nSPS) is 23.8. The summed E-state index contributed by atoms with van der Waals surface area (Å²) in [7, 11) is 0. The monoisotopic (exact) mass is 331 g/mol. The number of rotatable bonds is 4. The highest BCUT2D eigenvalue weighted by Gasteiger charge is 2.43. The van der Waals surface area contributed by atoms with E-state index in [1.807, 2.05) is 30.9 Å². The summed E-state index contributed by atoms with van der Waals surface area (Å²) in [5.41, 5.74) is 0. The molecule has 0 N–H and O–H groups in total. The van der Waals surface area contributed by atoms with Gasteiger partial charge in [0.15, 0.2) is 0 Å². The fourth-order valence-corrected chi connectivity index (χ4v) is 3.45. The van der Waals surface area contributed by atoms with Gasteiger partial charge in [-0.2, -0.15) is 0 Å². The first-order valence-electron chi connectivity index (χ1n) is 8.72. The largest absolute Gasteiger partial charge is 0.487 e. The summed E-state index contributed by atoms with van der Waals surface area (Å²) in [4.78, 5) is 33.1. The fourth-order valence-electron chi connectivity index (χ4n) is 3.45. The van der Waals surface area contributed by atoms with Crippen LogP contribution in [-0.4, -0.2) is 58.4 Å². The topological polar surface area (TPSA) is 62.7 Å². The van der Waals surface area contributed by atoms with Crippen LogP contribution in [0, 0.1) is 5.92 Å². The van der Waals surface area contributed by atoms with E-state index in [1.54, 1.807) is 17.3 Å². The van der Waals surface area contributed by atoms with Crippen molar-refractivity contribution in [2.75, 3.05) is 19.6 Å². The molecule has 1 aromatic heterocycles. The van der Waals surface area contributed by atoms with Crippen LogP contribution in [0.4, 0.5) is 0 Å². The van der Waals surface area contributed by atoms with Gasteiger partial charge in [-0.15, -0.1) is 0 Å². The minimum Gasteiger partial charge on any atom is -0.487 e. The lowest BCUT2D eigenvalue weighted by Gasteiger charge is -2.28. The van der Waals surface area contributed by atoms with Crippen LogP contribution >= 0.6 is 0 Å². The maximum Gasteiger partial charge on any atom is 0.245 e. The Balaban J connectivity index is 1.73.